The predicted octanol–water partition coefficient (Wildman–Crippen LogP) is 4.03. The van der Waals surface area contributed by atoms with Gasteiger partial charge < -0.3 is 5.32 Å². The number of allylic oxidation sites excluding steroid dienone is 2. The Morgan fingerprint density at radius 3 is 2.85 bits per heavy atom. The second-order valence-electron chi connectivity index (χ2n) is 5.73. The maximum absolute atomic E-state index is 12.1. The first kappa shape index (κ1) is 14.6. The van der Waals surface area contributed by atoms with Crippen LogP contribution in [-0.2, 0) is 0 Å². The van der Waals surface area contributed by atoms with Crippen LogP contribution in [0.15, 0.2) is 48.1 Å². The van der Waals surface area contributed by atoms with Gasteiger partial charge >= 0.3 is 0 Å². The zero-order valence-electron chi connectivity index (χ0n) is 12.4. The maximum Gasteiger partial charge on any atom is 0.251 e. The van der Waals surface area contributed by atoms with E-state index in [4.69, 9.17) is 0 Å². The molecule has 1 aromatic rings. The topological polar surface area (TPSA) is 29.1 Å². The highest BCUT2D eigenvalue weighted by atomic mass is 16.1. The van der Waals surface area contributed by atoms with Gasteiger partial charge in [-0.15, -0.1) is 0 Å². The zero-order valence-corrected chi connectivity index (χ0v) is 12.4. The molecule has 2 rings (SSSR count). The lowest BCUT2D eigenvalue weighted by molar-refractivity contribution is 0.0956. The molecular formula is C18H23NO. The lowest BCUT2D eigenvalue weighted by Gasteiger charge is -2.22. The molecule has 2 heteroatoms. The predicted molar refractivity (Wildman–Crippen MR) is 83.8 cm³/mol. The fraction of sp³-hybridized carbons (Fsp3) is 0.389. The van der Waals surface area contributed by atoms with Gasteiger partial charge in [0.05, 0.1) is 0 Å². The summed E-state index contributed by atoms with van der Waals surface area (Å²) >= 11 is 0. The molecule has 0 spiro atoms. The second kappa shape index (κ2) is 6.56. The molecule has 1 atom stereocenters. The number of hydrogen-bond acceptors (Lipinski definition) is 1. The van der Waals surface area contributed by atoms with Crippen LogP contribution >= 0.6 is 0 Å². The molecule has 0 aromatic heterocycles. The Morgan fingerprint density at radius 1 is 1.45 bits per heavy atom. The molecule has 2 nitrogen and oxygen atoms in total. The molecule has 106 valence electrons. The minimum atomic E-state index is 0.0108. The van der Waals surface area contributed by atoms with Crippen molar-refractivity contribution >= 4 is 5.91 Å². The van der Waals surface area contributed by atoms with Gasteiger partial charge in [-0.25, -0.2) is 0 Å². The van der Waals surface area contributed by atoms with Gasteiger partial charge in [0.25, 0.3) is 5.91 Å². The van der Waals surface area contributed by atoms with Crippen molar-refractivity contribution in [3.8, 4) is 0 Å². The summed E-state index contributed by atoms with van der Waals surface area (Å²) in [4.78, 5) is 12.1. The van der Waals surface area contributed by atoms with Crippen molar-refractivity contribution < 1.29 is 4.79 Å². The van der Waals surface area contributed by atoms with Gasteiger partial charge in [0.2, 0.25) is 0 Å². The van der Waals surface area contributed by atoms with Crippen LogP contribution in [0.2, 0.25) is 0 Å². The number of hydrogen-bond donors (Lipinski definition) is 1. The van der Waals surface area contributed by atoms with Crippen molar-refractivity contribution in [2.24, 2.45) is 5.92 Å². The van der Waals surface area contributed by atoms with Gasteiger partial charge in [-0.2, -0.15) is 0 Å². The Balaban J connectivity index is 1.87. The van der Waals surface area contributed by atoms with Crippen LogP contribution in [0, 0.1) is 12.8 Å². The maximum atomic E-state index is 12.1. The third-order valence-corrected chi connectivity index (χ3v) is 3.96. The molecule has 1 aliphatic rings. The van der Waals surface area contributed by atoms with Crippen molar-refractivity contribution in [1.29, 1.82) is 0 Å². The molecule has 0 unspecified atom stereocenters. The van der Waals surface area contributed by atoms with E-state index in [1.807, 2.05) is 31.2 Å². The highest BCUT2D eigenvalue weighted by Gasteiger charge is 2.15. The average Bonchev–Trinajstić information content (AvgIpc) is 2.45. The van der Waals surface area contributed by atoms with Crippen molar-refractivity contribution in [3.05, 3.63) is 59.2 Å². The normalized spacial score (nSPS) is 18.3. The lowest BCUT2D eigenvalue weighted by atomic mass is 9.85. The summed E-state index contributed by atoms with van der Waals surface area (Å²) in [6.45, 7) is 8.79. The summed E-state index contributed by atoms with van der Waals surface area (Å²) in [5.74, 6) is 0.628. The number of benzene rings is 1. The number of nitrogens with one attached hydrogen (secondary N) is 1. The van der Waals surface area contributed by atoms with E-state index < -0.39 is 0 Å². The molecule has 0 fully saturated rings. The number of carbonyl (C=O) groups excluding carboxylic acids is 1. The van der Waals surface area contributed by atoms with Crippen LogP contribution in [0.5, 0.6) is 0 Å². The van der Waals surface area contributed by atoms with Gasteiger partial charge in [0.1, 0.15) is 0 Å². The molecule has 1 aliphatic carbocycles. The fourth-order valence-corrected chi connectivity index (χ4v) is 2.58. The molecule has 1 aromatic carbocycles. The van der Waals surface area contributed by atoms with E-state index in [1.165, 1.54) is 11.1 Å². The van der Waals surface area contributed by atoms with Gasteiger partial charge in [-0.3, -0.25) is 4.79 Å². The quantitative estimate of drug-likeness (QED) is 0.822. The summed E-state index contributed by atoms with van der Waals surface area (Å²) in [5, 5.41) is 3.01. The first-order valence-electron chi connectivity index (χ1n) is 7.24. The standard InChI is InChI=1S/C18H23NO/c1-13(2)16-9-7-15(8-10-16)12-19-18(20)17-6-4-5-14(3)11-17/h4-7,11,16H,1,8-10,12H2,2-3H3,(H,19,20)/t16-/m1/s1. The molecule has 0 aliphatic heterocycles. The lowest BCUT2D eigenvalue weighted by Crippen LogP contribution is -2.26. The summed E-state index contributed by atoms with van der Waals surface area (Å²) < 4.78 is 0. The number of aryl methyl sites for hydroxylation is 1. The van der Waals surface area contributed by atoms with E-state index in [9.17, 15) is 4.79 Å². The van der Waals surface area contributed by atoms with Crippen LogP contribution in [0.25, 0.3) is 0 Å². The van der Waals surface area contributed by atoms with E-state index in [0.717, 1.165) is 30.4 Å². The first-order chi connectivity index (χ1) is 9.56. The largest absolute Gasteiger partial charge is 0.348 e. The first-order valence-corrected chi connectivity index (χ1v) is 7.24. The van der Waals surface area contributed by atoms with Crippen LogP contribution in [-0.4, -0.2) is 12.5 Å². The van der Waals surface area contributed by atoms with Crippen LogP contribution in [0.1, 0.15) is 42.1 Å². The van der Waals surface area contributed by atoms with Gasteiger partial charge in [0, 0.05) is 12.1 Å². The Labute approximate surface area is 121 Å². The van der Waals surface area contributed by atoms with Gasteiger partial charge in [-0.05, 0) is 51.2 Å². The fourth-order valence-electron chi connectivity index (χ4n) is 2.58. The van der Waals surface area contributed by atoms with Gasteiger partial charge in [-0.1, -0.05) is 41.5 Å². The summed E-state index contributed by atoms with van der Waals surface area (Å²) in [6.07, 6.45) is 5.54. The van der Waals surface area contributed by atoms with Crippen molar-refractivity contribution in [2.75, 3.05) is 6.54 Å². The summed E-state index contributed by atoms with van der Waals surface area (Å²) in [7, 11) is 0. The number of carbonyl (C=O) groups is 1. The SMILES string of the molecule is C=C(C)[C@@H]1CC=C(CNC(=O)c2cccc(C)c2)CC1. The van der Waals surface area contributed by atoms with Crippen molar-refractivity contribution in [2.45, 2.75) is 33.1 Å². The zero-order chi connectivity index (χ0) is 14.5. The smallest absolute Gasteiger partial charge is 0.251 e. The average molecular weight is 269 g/mol. The van der Waals surface area contributed by atoms with Crippen molar-refractivity contribution in [1.82, 2.24) is 5.32 Å². The van der Waals surface area contributed by atoms with Gasteiger partial charge in [0.15, 0.2) is 0 Å². The summed E-state index contributed by atoms with van der Waals surface area (Å²) in [5.41, 5.74) is 4.45. The third-order valence-electron chi connectivity index (χ3n) is 3.96. The number of amides is 1. The molecule has 0 saturated heterocycles. The molecule has 0 bridgehead atoms. The Kier molecular flexibility index (Phi) is 4.78. The van der Waals surface area contributed by atoms with Crippen LogP contribution in [0.3, 0.4) is 0 Å². The van der Waals surface area contributed by atoms with Crippen molar-refractivity contribution in [3.63, 3.8) is 0 Å². The highest BCUT2D eigenvalue weighted by Crippen LogP contribution is 2.27. The van der Waals surface area contributed by atoms with E-state index in [0.29, 0.717) is 12.5 Å². The highest BCUT2D eigenvalue weighted by molar-refractivity contribution is 5.94. The van der Waals surface area contributed by atoms with E-state index in [2.05, 4.69) is 24.9 Å². The Hall–Kier alpha value is -1.83. The molecular weight excluding hydrogens is 246 g/mol. The monoisotopic (exact) mass is 269 g/mol. The molecule has 0 radical (unpaired) electrons. The summed E-state index contributed by atoms with van der Waals surface area (Å²) in [6, 6.07) is 7.69. The van der Waals surface area contributed by atoms with Crippen LogP contribution < -0.4 is 5.32 Å². The Bertz CT molecular complexity index is 542. The molecule has 0 saturated carbocycles. The second-order valence-corrected chi connectivity index (χ2v) is 5.73. The Morgan fingerprint density at radius 2 is 2.25 bits per heavy atom. The third kappa shape index (κ3) is 3.83. The minimum absolute atomic E-state index is 0.0108. The molecule has 20 heavy (non-hydrogen) atoms. The van der Waals surface area contributed by atoms with E-state index in [1.54, 1.807) is 0 Å². The van der Waals surface area contributed by atoms with E-state index >= 15 is 0 Å². The molecule has 1 amide bonds. The number of rotatable bonds is 4. The molecule has 1 N–H and O–H groups in total. The van der Waals surface area contributed by atoms with E-state index in [-0.39, 0.29) is 5.91 Å². The van der Waals surface area contributed by atoms with Crippen LogP contribution in [0.4, 0.5) is 0 Å². The minimum Gasteiger partial charge on any atom is -0.348 e. The molecule has 0 heterocycles.